The summed E-state index contributed by atoms with van der Waals surface area (Å²) in [5.41, 5.74) is 5.31. The molecule has 0 saturated heterocycles. The van der Waals surface area contributed by atoms with Crippen molar-refractivity contribution in [3.05, 3.63) is 72.0 Å². The molecule has 2 N–H and O–H groups in total. The largest absolute Gasteiger partial charge is 0.497 e. The number of thiazole rings is 1. The minimum absolute atomic E-state index is 0.230. The van der Waals surface area contributed by atoms with Gasteiger partial charge in [0, 0.05) is 35.9 Å². The number of fused-ring (bicyclic) bond motifs is 1. The minimum atomic E-state index is -0.230. The van der Waals surface area contributed by atoms with Crippen LogP contribution in [0.2, 0.25) is 0 Å². The number of halogens is 1. The SMILES string of the molecule is COc1ccc(CSCCNc2ccc(-c3nc4ccc(F)cc4s3)cc2NCCSC)cc1. The normalized spacial score (nSPS) is 11.0. The fraction of sp³-hybridized carbons (Fsp3) is 0.269. The van der Waals surface area contributed by atoms with Crippen LogP contribution in [0.1, 0.15) is 5.56 Å². The Labute approximate surface area is 212 Å². The van der Waals surface area contributed by atoms with Crippen molar-refractivity contribution in [2.75, 3.05) is 48.6 Å². The van der Waals surface area contributed by atoms with Gasteiger partial charge in [0.1, 0.15) is 16.6 Å². The first-order valence-corrected chi connectivity index (χ1v) is 14.4. The van der Waals surface area contributed by atoms with Gasteiger partial charge in [-0.05, 0) is 60.4 Å². The first-order chi connectivity index (χ1) is 16.7. The molecule has 4 rings (SSSR count). The average Bonchev–Trinajstić information content (AvgIpc) is 3.28. The lowest BCUT2D eigenvalue weighted by molar-refractivity contribution is 0.414. The van der Waals surface area contributed by atoms with Crippen LogP contribution in [0, 0.1) is 5.82 Å². The highest BCUT2D eigenvalue weighted by Gasteiger charge is 2.10. The van der Waals surface area contributed by atoms with Crippen molar-refractivity contribution in [1.29, 1.82) is 0 Å². The van der Waals surface area contributed by atoms with Gasteiger partial charge < -0.3 is 15.4 Å². The number of methoxy groups -OCH3 is 1. The van der Waals surface area contributed by atoms with E-state index in [0.29, 0.717) is 0 Å². The monoisotopic (exact) mass is 513 g/mol. The molecule has 0 aliphatic rings. The van der Waals surface area contributed by atoms with E-state index in [2.05, 4.69) is 47.2 Å². The number of benzene rings is 3. The number of rotatable bonds is 12. The fourth-order valence-corrected chi connectivity index (χ4v) is 5.57. The smallest absolute Gasteiger partial charge is 0.124 e. The molecule has 0 aliphatic heterocycles. The van der Waals surface area contributed by atoms with Crippen LogP contribution in [-0.4, -0.2) is 42.9 Å². The van der Waals surface area contributed by atoms with Crippen LogP contribution in [0.15, 0.2) is 60.7 Å². The fourth-order valence-electron chi connectivity index (χ4n) is 3.46. The third-order valence-electron chi connectivity index (χ3n) is 5.23. The van der Waals surface area contributed by atoms with Gasteiger partial charge in [0.05, 0.1) is 28.7 Å². The molecule has 0 amide bonds. The third-order valence-corrected chi connectivity index (χ3v) is 7.94. The van der Waals surface area contributed by atoms with E-state index >= 15 is 0 Å². The first-order valence-electron chi connectivity index (χ1n) is 11.0. The maximum atomic E-state index is 13.6. The maximum absolute atomic E-state index is 13.6. The summed E-state index contributed by atoms with van der Waals surface area (Å²) in [7, 11) is 1.69. The van der Waals surface area contributed by atoms with Crippen LogP contribution in [0.4, 0.5) is 15.8 Å². The average molecular weight is 514 g/mol. The van der Waals surface area contributed by atoms with Gasteiger partial charge >= 0.3 is 0 Å². The van der Waals surface area contributed by atoms with E-state index in [4.69, 9.17) is 9.72 Å². The highest BCUT2D eigenvalue weighted by Crippen LogP contribution is 2.34. The molecule has 0 radical (unpaired) electrons. The first kappa shape index (κ1) is 24.7. The summed E-state index contributed by atoms with van der Waals surface area (Å²) in [6, 6.07) is 19.3. The molecular formula is C26H28FN3OS3. The van der Waals surface area contributed by atoms with Gasteiger partial charge in [-0.15, -0.1) is 11.3 Å². The van der Waals surface area contributed by atoms with Crippen LogP contribution in [-0.2, 0) is 5.75 Å². The molecular weight excluding hydrogens is 486 g/mol. The molecule has 34 heavy (non-hydrogen) atoms. The molecule has 0 bridgehead atoms. The molecule has 1 aromatic heterocycles. The summed E-state index contributed by atoms with van der Waals surface area (Å²) in [5.74, 6) is 3.66. The van der Waals surface area contributed by atoms with E-state index in [9.17, 15) is 4.39 Å². The Bertz CT molecular complexity index is 1210. The standard InChI is InChI=1S/C26H28FN3OS3/c1-31-21-7-3-18(4-8-21)17-33-14-12-28-22-9-5-19(15-24(22)29-11-13-32-2)26-30-23-10-6-20(27)16-25(23)34-26/h3-10,15-16,28-29H,11-14,17H2,1-2H3. The van der Waals surface area contributed by atoms with Gasteiger partial charge in [-0.1, -0.05) is 12.1 Å². The summed E-state index contributed by atoms with van der Waals surface area (Å²) in [6.07, 6.45) is 2.11. The Hall–Kier alpha value is -2.42. The Morgan fingerprint density at radius 1 is 0.941 bits per heavy atom. The van der Waals surface area contributed by atoms with Crippen LogP contribution in [0.3, 0.4) is 0 Å². The molecule has 0 atom stereocenters. The van der Waals surface area contributed by atoms with Crippen molar-refractivity contribution >= 4 is 56.5 Å². The van der Waals surface area contributed by atoms with Crippen molar-refractivity contribution in [2.45, 2.75) is 5.75 Å². The molecule has 0 fully saturated rings. The summed E-state index contributed by atoms with van der Waals surface area (Å²) >= 11 is 5.24. The highest BCUT2D eigenvalue weighted by molar-refractivity contribution is 7.98. The maximum Gasteiger partial charge on any atom is 0.124 e. The lowest BCUT2D eigenvalue weighted by atomic mass is 10.1. The van der Waals surface area contributed by atoms with Crippen LogP contribution in [0.25, 0.3) is 20.8 Å². The van der Waals surface area contributed by atoms with Gasteiger partial charge in [-0.2, -0.15) is 23.5 Å². The zero-order valence-corrected chi connectivity index (χ0v) is 21.7. The van der Waals surface area contributed by atoms with Gasteiger partial charge in [0.15, 0.2) is 0 Å². The quantitative estimate of drug-likeness (QED) is 0.195. The molecule has 178 valence electrons. The van der Waals surface area contributed by atoms with E-state index in [-0.39, 0.29) is 5.82 Å². The summed E-state index contributed by atoms with van der Waals surface area (Å²) in [4.78, 5) is 4.71. The number of nitrogens with zero attached hydrogens (tertiary/aromatic N) is 1. The van der Waals surface area contributed by atoms with Crippen LogP contribution >= 0.6 is 34.9 Å². The van der Waals surface area contributed by atoms with Gasteiger partial charge in [-0.3, -0.25) is 0 Å². The van der Waals surface area contributed by atoms with Crippen molar-refractivity contribution in [1.82, 2.24) is 4.98 Å². The second-order valence-corrected chi connectivity index (χ2v) is 10.8. The zero-order chi connectivity index (χ0) is 23.8. The van der Waals surface area contributed by atoms with E-state index < -0.39 is 0 Å². The van der Waals surface area contributed by atoms with E-state index in [0.717, 1.165) is 68.3 Å². The topological polar surface area (TPSA) is 46.2 Å². The van der Waals surface area contributed by atoms with E-state index in [1.807, 2.05) is 35.7 Å². The van der Waals surface area contributed by atoms with Crippen molar-refractivity contribution in [3.63, 3.8) is 0 Å². The molecule has 4 aromatic rings. The Balaban J connectivity index is 1.39. The van der Waals surface area contributed by atoms with Crippen LogP contribution < -0.4 is 15.4 Å². The van der Waals surface area contributed by atoms with E-state index in [1.165, 1.54) is 23.0 Å². The Kier molecular flexibility index (Phi) is 8.96. The van der Waals surface area contributed by atoms with Crippen molar-refractivity contribution < 1.29 is 9.13 Å². The zero-order valence-electron chi connectivity index (χ0n) is 19.3. The van der Waals surface area contributed by atoms with E-state index in [1.54, 1.807) is 19.2 Å². The Morgan fingerprint density at radius 3 is 2.53 bits per heavy atom. The number of nitrogens with one attached hydrogen (secondary N) is 2. The summed E-state index contributed by atoms with van der Waals surface area (Å²) in [5, 5.41) is 8.04. The molecule has 0 unspecified atom stereocenters. The lowest BCUT2D eigenvalue weighted by Crippen LogP contribution is -2.10. The minimum Gasteiger partial charge on any atom is -0.497 e. The Morgan fingerprint density at radius 2 is 1.74 bits per heavy atom. The van der Waals surface area contributed by atoms with Crippen LogP contribution in [0.5, 0.6) is 5.75 Å². The molecule has 0 saturated carbocycles. The van der Waals surface area contributed by atoms with Crippen molar-refractivity contribution in [3.8, 4) is 16.3 Å². The molecule has 3 aromatic carbocycles. The third kappa shape index (κ3) is 6.58. The number of ether oxygens (including phenoxy) is 1. The number of anilines is 2. The molecule has 0 aliphatic carbocycles. The van der Waals surface area contributed by atoms with Gasteiger partial charge in [0.25, 0.3) is 0 Å². The predicted octanol–water partition coefficient (Wildman–Crippen LogP) is 7.23. The second-order valence-electron chi connectivity index (χ2n) is 7.64. The number of hydrogen-bond donors (Lipinski definition) is 2. The van der Waals surface area contributed by atoms with Gasteiger partial charge in [-0.25, -0.2) is 9.37 Å². The lowest BCUT2D eigenvalue weighted by Gasteiger charge is -2.15. The summed E-state index contributed by atoms with van der Waals surface area (Å²) < 4.78 is 19.7. The molecule has 8 heteroatoms. The molecule has 0 spiro atoms. The highest BCUT2D eigenvalue weighted by atomic mass is 32.2. The predicted molar refractivity (Wildman–Crippen MR) is 150 cm³/mol. The number of thioether (sulfide) groups is 2. The molecule has 4 nitrogen and oxygen atoms in total. The number of aromatic nitrogens is 1. The summed E-state index contributed by atoms with van der Waals surface area (Å²) in [6.45, 7) is 1.76. The second kappa shape index (κ2) is 12.3. The number of hydrogen-bond acceptors (Lipinski definition) is 7. The molecule has 1 heterocycles. The van der Waals surface area contributed by atoms with Crippen molar-refractivity contribution in [2.24, 2.45) is 0 Å². The van der Waals surface area contributed by atoms with Gasteiger partial charge in [0.2, 0.25) is 0 Å².